The van der Waals surface area contributed by atoms with E-state index in [1.165, 1.54) is 30.3 Å². The molecule has 0 bridgehead atoms. The van der Waals surface area contributed by atoms with Crippen molar-refractivity contribution in [1.82, 2.24) is 9.80 Å². The van der Waals surface area contributed by atoms with Crippen molar-refractivity contribution in [2.45, 2.75) is 38.0 Å². The summed E-state index contributed by atoms with van der Waals surface area (Å²) in [5, 5.41) is 0. The second-order valence-electron chi connectivity index (χ2n) is 8.54. The van der Waals surface area contributed by atoms with Crippen LogP contribution in [0.3, 0.4) is 0 Å². The Morgan fingerprint density at radius 1 is 1.09 bits per heavy atom. The van der Waals surface area contributed by atoms with Crippen LogP contribution in [0.15, 0.2) is 54.6 Å². The molecule has 0 radical (unpaired) electrons. The highest BCUT2D eigenvalue weighted by atomic mass is 19.4. The molecule has 2 aromatic carbocycles. The minimum atomic E-state index is -4.40. The average Bonchev–Trinajstić information content (AvgIpc) is 2.79. The van der Waals surface area contributed by atoms with Gasteiger partial charge in [0.05, 0.1) is 5.56 Å². The van der Waals surface area contributed by atoms with Crippen LogP contribution in [0.4, 0.5) is 17.6 Å². The van der Waals surface area contributed by atoms with Crippen LogP contribution in [0.25, 0.3) is 6.08 Å². The number of amides is 2. The van der Waals surface area contributed by atoms with E-state index in [2.05, 4.69) is 0 Å². The van der Waals surface area contributed by atoms with Gasteiger partial charge in [-0.05, 0) is 60.2 Å². The molecule has 0 spiro atoms. The third-order valence-electron chi connectivity index (χ3n) is 6.36. The molecule has 2 saturated heterocycles. The Balaban J connectivity index is 1.40. The molecule has 0 saturated carbocycles. The van der Waals surface area contributed by atoms with Gasteiger partial charge < -0.3 is 9.80 Å². The quantitative estimate of drug-likeness (QED) is 0.481. The number of hydrogen-bond donors (Lipinski definition) is 0. The molecule has 2 aliphatic rings. The van der Waals surface area contributed by atoms with Gasteiger partial charge in [-0.3, -0.25) is 9.59 Å². The molecule has 0 N–H and O–H groups in total. The molecule has 4 nitrogen and oxygen atoms in total. The van der Waals surface area contributed by atoms with Gasteiger partial charge >= 0.3 is 6.18 Å². The summed E-state index contributed by atoms with van der Waals surface area (Å²) >= 11 is 0. The molecule has 2 fully saturated rings. The van der Waals surface area contributed by atoms with E-state index in [1.54, 1.807) is 28.0 Å². The first-order valence-corrected chi connectivity index (χ1v) is 10.9. The highest BCUT2D eigenvalue weighted by Gasteiger charge is 2.40. The lowest BCUT2D eigenvalue weighted by molar-refractivity contribution is -0.144. The van der Waals surface area contributed by atoms with E-state index < -0.39 is 11.7 Å². The van der Waals surface area contributed by atoms with Gasteiger partial charge in [-0.15, -0.1) is 0 Å². The van der Waals surface area contributed by atoms with Crippen LogP contribution in [0.5, 0.6) is 0 Å². The summed E-state index contributed by atoms with van der Waals surface area (Å²) in [6.07, 6.45) is 0.249. The fourth-order valence-corrected chi connectivity index (χ4v) is 4.64. The number of fused-ring (bicyclic) bond motifs is 1. The van der Waals surface area contributed by atoms with Gasteiger partial charge in [0.25, 0.3) is 0 Å². The lowest BCUT2D eigenvalue weighted by atomic mass is 9.83. The molecule has 4 rings (SSSR count). The monoisotopic (exact) mass is 460 g/mol. The number of rotatable bonds is 4. The van der Waals surface area contributed by atoms with E-state index in [9.17, 15) is 27.2 Å². The summed E-state index contributed by atoms with van der Waals surface area (Å²) in [6.45, 7) is 1.24. The standard InChI is InChI=1S/C25H24F4N2O2/c26-21-3-1-2-17(14-21)6-10-23(32)30-13-12-22-19(16-30)7-11-24(33)31(22)15-18-4-8-20(9-5-18)25(27,28)29/h1-6,8-10,14,19,22H,7,11-13,15-16H2/b10-6+/t19-,22+/m0/s1. The van der Waals surface area contributed by atoms with Gasteiger partial charge in [-0.2, -0.15) is 13.2 Å². The number of piperidine rings is 2. The summed E-state index contributed by atoms with van der Waals surface area (Å²) < 4.78 is 51.8. The summed E-state index contributed by atoms with van der Waals surface area (Å²) in [7, 11) is 0. The molecule has 2 aliphatic heterocycles. The van der Waals surface area contributed by atoms with Gasteiger partial charge in [-0.25, -0.2) is 4.39 Å². The predicted molar refractivity (Wildman–Crippen MR) is 115 cm³/mol. The van der Waals surface area contributed by atoms with Crippen LogP contribution in [0.1, 0.15) is 36.0 Å². The van der Waals surface area contributed by atoms with E-state index in [4.69, 9.17) is 0 Å². The number of alkyl halides is 3. The largest absolute Gasteiger partial charge is 0.416 e. The Labute approximate surface area is 189 Å². The number of likely N-dealkylation sites (tertiary alicyclic amines) is 2. The molecule has 2 heterocycles. The van der Waals surface area contributed by atoms with E-state index >= 15 is 0 Å². The lowest BCUT2D eigenvalue weighted by Gasteiger charge is -2.47. The Kier molecular flexibility index (Phi) is 6.54. The van der Waals surface area contributed by atoms with Crippen molar-refractivity contribution in [2.75, 3.05) is 13.1 Å². The molecule has 2 aromatic rings. The topological polar surface area (TPSA) is 40.6 Å². The Morgan fingerprint density at radius 3 is 2.55 bits per heavy atom. The van der Waals surface area contributed by atoms with Gasteiger partial charge in [0.1, 0.15) is 5.82 Å². The second kappa shape index (κ2) is 9.37. The van der Waals surface area contributed by atoms with Gasteiger partial charge in [0, 0.05) is 38.2 Å². The predicted octanol–water partition coefficient (Wildman–Crippen LogP) is 4.90. The average molecular weight is 460 g/mol. The minimum absolute atomic E-state index is 0.0121. The Bertz CT molecular complexity index is 1050. The summed E-state index contributed by atoms with van der Waals surface area (Å²) in [5.74, 6) is -0.436. The first-order chi connectivity index (χ1) is 15.7. The van der Waals surface area contributed by atoms with Crippen LogP contribution in [-0.4, -0.2) is 40.7 Å². The summed E-state index contributed by atoms with van der Waals surface area (Å²) in [6, 6.07) is 10.8. The minimum Gasteiger partial charge on any atom is -0.339 e. The first-order valence-electron chi connectivity index (χ1n) is 10.9. The molecule has 2 atom stereocenters. The van der Waals surface area contributed by atoms with Crippen LogP contribution in [0.2, 0.25) is 0 Å². The zero-order valence-corrected chi connectivity index (χ0v) is 17.9. The van der Waals surface area contributed by atoms with E-state index in [1.807, 2.05) is 0 Å². The highest BCUT2D eigenvalue weighted by Crippen LogP contribution is 2.33. The fourth-order valence-electron chi connectivity index (χ4n) is 4.64. The maximum absolute atomic E-state index is 13.3. The van der Waals surface area contributed by atoms with E-state index in [0.29, 0.717) is 43.5 Å². The van der Waals surface area contributed by atoms with Crippen LogP contribution in [-0.2, 0) is 22.3 Å². The Hall–Kier alpha value is -3.16. The van der Waals surface area contributed by atoms with Crippen molar-refractivity contribution in [1.29, 1.82) is 0 Å². The zero-order valence-electron chi connectivity index (χ0n) is 17.9. The number of carbonyl (C=O) groups excluding carboxylic acids is 2. The van der Waals surface area contributed by atoms with Crippen LogP contribution >= 0.6 is 0 Å². The highest BCUT2D eigenvalue weighted by molar-refractivity contribution is 5.92. The third kappa shape index (κ3) is 5.43. The first kappa shape index (κ1) is 23.0. The van der Waals surface area contributed by atoms with Gasteiger partial charge in [0.15, 0.2) is 0 Å². The van der Waals surface area contributed by atoms with Crippen molar-refractivity contribution in [3.8, 4) is 0 Å². The zero-order chi connectivity index (χ0) is 23.6. The van der Waals surface area contributed by atoms with Crippen LogP contribution in [0, 0.1) is 11.7 Å². The summed E-state index contributed by atoms with van der Waals surface area (Å²) in [5.41, 5.74) is 0.532. The third-order valence-corrected chi connectivity index (χ3v) is 6.36. The molecule has 2 amide bonds. The molecule has 174 valence electrons. The van der Waals surface area contributed by atoms with Gasteiger partial charge in [0.2, 0.25) is 11.8 Å². The van der Waals surface area contributed by atoms with E-state index in [-0.39, 0.29) is 36.1 Å². The molecule has 8 heteroatoms. The number of benzene rings is 2. The molecular formula is C25H24F4N2O2. The van der Waals surface area contributed by atoms with E-state index in [0.717, 1.165) is 12.1 Å². The SMILES string of the molecule is O=C(/C=C/c1cccc(F)c1)N1CC[C@@H]2[C@@H](CCC(=O)N2Cc2ccc(C(F)(F)F)cc2)C1. The maximum Gasteiger partial charge on any atom is 0.416 e. The molecule has 0 aliphatic carbocycles. The smallest absolute Gasteiger partial charge is 0.339 e. The van der Waals surface area contributed by atoms with Gasteiger partial charge in [-0.1, -0.05) is 24.3 Å². The molecular weight excluding hydrogens is 436 g/mol. The van der Waals surface area contributed by atoms with Crippen LogP contribution < -0.4 is 0 Å². The van der Waals surface area contributed by atoms with Crippen molar-refractivity contribution in [3.63, 3.8) is 0 Å². The normalized spacial score (nSPS) is 21.4. The number of halogens is 4. The second-order valence-corrected chi connectivity index (χ2v) is 8.54. The van der Waals surface area contributed by atoms with Crippen molar-refractivity contribution in [3.05, 3.63) is 77.1 Å². The molecule has 33 heavy (non-hydrogen) atoms. The lowest BCUT2D eigenvalue weighted by Crippen LogP contribution is -2.56. The molecule has 0 aromatic heterocycles. The number of hydrogen-bond acceptors (Lipinski definition) is 2. The fraction of sp³-hybridized carbons (Fsp3) is 0.360. The Morgan fingerprint density at radius 2 is 1.85 bits per heavy atom. The van der Waals surface area contributed by atoms with Crippen molar-refractivity contribution in [2.24, 2.45) is 5.92 Å². The van der Waals surface area contributed by atoms with Crippen molar-refractivity contribution < 1.29 is 27.2 Å². The number of nitrogens with zero attached hydrogens (tertiary/aromatic N) is 2. The molecule has 0 unspecified atom stereocenters. The maximum atomic E-state index is 13.3. The van der Waals surface area contributed by atoms with Crippen molar-refractivity contribution >= 4 is 17.9 Å². The summed E-state index contributed by atoms with van der Waals surface area (Å²) in [4.78, 5) is 28.7. The number of carbonyl (C=O) groups is 2.